The van der Waals surface area contributed by atoms with Crippen molar-refractivity contribution in [2.45, 2.75) is 12.8 Å². The molecule has 0 atom stereocenters. The molecular weight excluding hydrogens is 347 g/mol. The quantitative estimate of drug-likeness (QED) is 0.871. The van der Waals surface area contributed by atoms with E-state index >= 15 is 0 Å². The van der Waals surface area contributed by atoms with Gasteiger partial charge in [0.1, 0.15) is 5.82 Å². The van der Waals surface area contributed by atoms with Crippen LogP contribution in [0.25, 0.3) is 0 Å². The second kappa shape index (κ2) is 7.26. The van der Waals surface area contributed by atoms with Crippen LogP contribution in [0.3, 0.4) is 0 Å². The highest BCUT2D eigenvalue weighted by Gasteiger charge is 2.22. The summed E-state index contributed by atoms with van der Waals surface area (Å²) >= 11 is 0. The van der Waals surface area contributed by atoms with E-state index < -0.39 is 0 Å². The number of benzene rings is 2. The van der Waals surface area contributed by atoms with Crippen molar-refractivity contribution in [2.75, 3.05) is 41.3 Å². The first-order valence-electron chi connectivity index (χ1n) is 9.13. The van der Waals surface area contributed by atoms with Gasteiger partial charge in [0.05, 0.1) is 5.69 Å². The molecule has 2 heterocycles. The van der Waals surface area contributed by atoms with Crippen molar-refractivity contribution in [1.29, 1.82) is 0 Å². The van der Waals surface area contributed by atoms with Crippen molar-refractivity contribution in [2.24, 2.45) is 0 Å². The minimum Gasteiger partial charge on any atom is -0.369 e. The van der Waals surface area contributed by atoms with Gasteiger partial charge in [0.15, 0.2) is 0 Å². The van der Waals surface area contributed by atoms with Crippen molar-refractivity contribution in [1.82, 2.24) is 5.32 Å². The Hall–Kier alpha value is -3.09. The molecule has 2 N–H and O–H groups in total. The summed E-state index contributed by atoms with van der Waals surface area (Å²) in [5.41, 5.74) is 2.06. The Bertz CT molecular complexity index is 880. The van der Waals surface area contributed by atoms with E-state index in [0.717, 1.165) is 25.9 Å². The number of hydrogen-bond donors (Lipinski definition) is 2. The number of amides is 3. The van der Waals surface area contributed by atoms with Gasteiger partial charge < -0.3 is 15.5 Å². The van der Waals surface area contributed by atoms with E-state index in [1.807, 2.05) is 4.90 Å². The SMILES string of the molecule is O=C(Nc1ccc(N2CCCC2)c(F)c1)c1cccc(N2CCNC2=O)c1. The number of halogens is 1. The first-order chi connectivity index (χ1) is 13.1. The molecule has 2 fully saturated rings. The van der Waals surface area contributed by atoms with Crippen molar-refractivity contribution >= 4 is 29.0 Å². The molecule has 0 unspecified atom stereocenters. The molecule has 0 radical (unpaired) electrons. The van der Waals surface area contributed by atoms with Crippen LogP contribution in [0, 0.1) is 5.82 Å². The fraction of sp³-hybridized carbons (Fsp3) is 0.300. The average Bonchev–Trinajstić information content (AvgIpc) is 3.34. The summed E-state index contributed by atoms with van der Waals surface area (Å²) in [4.78, 5) is 27.9. The molecule has 0 aliphatic carbocycles. The highest BCUT2D eigenvalue weighted by atomic mass is 19.1. The summed E-state index contributed by atoms with van der Waals surface area (Å²) in [7, 11) is 0. The van der Waals surface area contributed by atoms with Crippen molar-refractivity contribution in [3.63, 3.8) is 0 Å². The fourth-order valence-electron chi connectivity index (χ4n) is 3.54. The standard InChI is InChI=1S/C20H21FN4O2/c21-17-13-15(6-7-18(17)24-9-1-2-10-24)23-19(26)14-4-3-5-16(12-14)25-11-8-22-20(25)27/h3-7,12-13H,1-2,8-11H2,(H,22,27)(H,23,26). The number of anilines is 3. The lowest BCUT2D eigenvalue weighted by Gasteiger charge is -2.19. The van der Waals surface area contributed by atoms with Crippen LogP contribution in [0.2, 0.25) is 0 Å². The molecular formula is C20H21FN4O2. The van der Waals surface area contributed by atoms with Gasteiger partial charge in [0.25, 0.3) is 5.91 Å². The topological polar surface area (TPSA) is 64.7 Å². The van der Waals surface area contributed by atoms with Crippen molar-refractivity contribution < 1.29 is 14.0 Å². The molecule has 2 saturated heterocycles. The zero-order valence-corrected chi connectivity index (χ0v) is 14.9. The lowest BCUT2D eigenvalue weighted by Crippen LogP contribution is -2.27. The maximum absolute atomic E-state index is 14.4. The van der Waals surface area contributed by atoms with Gasteiger partial charge in [-0.3, -0.25) is 9.69 Å². The summed E-state index contributed by atoms with van der Waals surface area (Å²) in [5, 5.41) is 5.46. The first kappa shape index (κ1) is 17.3. The van der Waals surface area contributed by atoms with E-state index in [2.05, 4.69) is 10.6 Å². The summed E-state index contributed by atoms with van der Waals surface area (Å²) < 4.78 is 14.4. The maximum Gasteiger partial charge on any atom is 0.321 e. The van der Waals surface area contributed by atoms with E-state index in [4.69, 9.17) is 0 Å². The van der Waals surface area contributed by atoms with Gasteiger partial charge in [-0.2, -0.15) is 0 Å². The molecule has 2 aromatic carbocycles. The Morgan fingerprint density at radius 1 is 1.07 bits per heavy atom. The van der Waals surface area contributed by atoms with Crippen LogP contribution in [0.15, 0.2) is 42.5 Å². The summed E-state index contributed by atoms with van der Waals surface area (Å²) in [6, 6.07) is 11.4. The van der Waals surface area contributed by atoms with Crippen LogP contribution in [-0.4, -0.2) is 38.1 Å². The third-order valence-electron chi connectivity index (χ3n) is 4.93. The number of urea groups is 1. The summed E-state index contributed by atoms with van der Waals surface area (Å²) in [5.74, 6) is -0.679. The molecule has 2 aliphatic rings. The maximum atomic E-state index is 14.4. The zero-order chi connectivity index (χ0) is 18.8. The van der Waals surface area contributed by atoms with Crippen molar-refractivity contribution in [3.05, 3.63) is 53.8 Å². The number of carbonyl (C=O) groups is 2. The Kier molecular flexibility index (Phi) is 4.66. The average molecular weight is 368 g/mol. The van der Waals surface area contributed by atoms with Crippen LogP contribution in [-0.2, 0) is 0 Å². The van der Waals surface area contributed by atoms with E-state index in [0.29, 0.717) is 35.7 Å². The van der Waals surface area contributed by atoms with Gasteiger partial charge in [-0.1, -0.05) is 6.07 Å². The van der Waals surface area contributed by atoms with E-state index in [1.165, 1.54) is 6.07 Å². The number of nitrogens with zero attached hydrogens (tertiary/aromatic N) is 2. The first-order valence-corrected chi connectivity index (χ1v) is 9.13. The molecule has 0 bridgehead atoms. The van der Waals surface area contributed by atoms with E-state index in [1.54, 1.807) is 41.3 Å². The van der Waals surface area contributed by atoms with Crippen LogP contribution in [0.4, 0.5) is 26.2 Å². The Morgan fingerprint density at radius 3 is 2.59 bits per heavy atom. The number of nitrogens with one attached hydrogen (secondary N) is 2. The molecule has 7 heteroatoms. The zero-order valence-electron chi connectivity index (χ0n) is 14.9. The van der Waals surface area contributed by atoms with Gasteiger partial charge in [0.2, 0.25) is 0 Å². The minimum atomic E-state index is -0.343. The van der Waals surface area contributed by atoms with Gasteiger partial charge in [-0.25, -0.2) is 9.18 Å². The summed E-state index contributed by atoms with van der Waals surface area (Å²) in [6.45, 7) is 2.87. The molecule has 0 saturated carbocycles. The van der Waals surface area contributed by atoms with Gasteiger partial charge in [-0.05, 0) is 49.2 Å². The Balaban J connectivity index is 1.49. The predicted molar refractivity (Wildman–Crippen MR) is 103 cm³/mol. The van der Waals surface area contributed by atoms with Gasteiger partial charge in [0, 0.05) is 43.1 Å². The van der Waals surface area contributed by atoms with Crippen LogP contribution >= 0.6 is 0 Å². The molecule has 2 aliphatic heterocycles. The normalized spacial score (nSPS) is 16.6. The second-order valence-corrected chi connectivity index (χ2v) is 6.75. The highest BCUT2D eigenvalue weighted by Crippen LogP contribution is 2.26. The Labute approximate surface area is 157 Å². The lowest BCUT2D eigenvalue weighted by atomic mass is 10.1. The second-order valence-electron chi connectivity index (χ2n) is 6.75. The summed E-state index contributed by atoms with van der Waals surface area (Å²) in [6.07, 6.45) is 2.15. The highest BCUT2D eigenvalue weighted by molar-refractivity contribution is 6.05. The molecule has 0 spiro atoms. The minimum absolute atomic E-state index is 0.174. The van der Waals surface area contributed by atoms with E-state index in [-0.39, 0.29) is 17.8 Å². The van der Waals surface area contributed by atoms with Gasteiger partial charge >= 0.3 is 6.03 Å². The smallest absolute Gasteiger partial charge is 0.321 e. The van der Waals surface area contributed by atoms with Crippen LogP contribution in [0.1, 0.15) is 23.2 Å². The molecule has 27 heavy (non-hydrogen) atoms. The predicted octanol–water partition coefficient (Wildman–Crippen LogP) is 3.21. The molecule has 140 valence electrons. The number of rotatable bonds is 4. The third kappa shape index (κ3) is 3.58. The van der Waals surface area contributed by atoms with Crippen molar-refractivity contribution in [3.8, 4) is 0 Å². The molecule has 3 amide bonds. The van der Waals surface area contributed by atoms with Gasteiger partial charge in [-0.15, -0.1) is 0 Å². The fourth-order valence-corrected chi connectivity index (χ4v) is 3.54. The van der Waals surface area contributed by atoms with E-state index in [9.17, 15) is 14.0 Å². The lowest BCUT2D eigenvalue weighted by molar-refractivity contribution is 0.102. The van der Waals surface area contributed by atoms with Crippen LogP contribution in [0.5, 0.6) is 0 Å². The largest absolute Gasteiger partial charge is 0.369 e. The molecule has 4 rings (SSSR count). The molecule has 2 aromatic rings. The molecule has 0 aromatic heterocycles. The van der Waals surface area contributed by atoms with Crippen LogP contribution < -0.4 is 20.4 Å². The molecule has 6 nitrogen and oxygen atoms in total. The monoisotopic (exact) mass is 368 g/mol. The number of hydrogen-bond acceptors (Lipinski definition) is 3. The number of carbonyl (C=O) groups excluding carboxylic acids is 2. The third-order valence-corrected chi connectivity index (χ3v) is 4.93. The Morgan fingerprint density at radius 2 is 1.89 bits per heavy atom.